The molecule has 26 heavy (non-hydrogen) atoms. The van der Waals surface area contributed by atoms with E-state index in [1.165, 1.54) is 19.5 Å². The molecule has 8 nitrogen and oxygen atoms in total. The quantitative estimate of drug-likeness (QED) is 0.663. The Morgan fingerprint density at radius 2 is 1.92 bits per heavy atom. The van der Waals surface area contributed by atoms with Gasteiger partial charge in [0.15, 0.2) is 0 Å². The lowest BCUT2D eigenvalue weighted by atomic mass is 10.2. The molecular formula is C16H12ClN3O5S. The van der Waals surface area contributed by atoms with Gasteiger partial charge in [-0.05, 0) is 18.2 Å². The van der Waals surface area contributed by atoms with E-state index in [0.717, 1.165) is 6.07 Å². The Balaban J connectivity index is 1.84. The standard InChI is InChI=1S/C16H12ClN3O5S/c1-24-16-13(26(17,22)23)7-11(8-18-16)20-14(21)12-9-19-15(25-12)10-5-3-2-4-6-10/h2-9H,1H3,(H,20,21). The number of benzene rings is 1. The summed E-state index contributed by atoms with van der Waals surface area (Å²) in [7, 11) is 2.50. The van der Waals surface area contributed by atoms with Crippen molar-refractivity contribution >= 4 is 31.3 Å². The molecule has 0 aliphatic heterocycles. The van der Waals surface area contributed by atoms with E-state index in [4.69, 9.17) is 19.8 Å². The topological polar surface area (TPSA) is 111 Å². The summed E-state index contributed by atoms with van der Waals surface area (Å²) < 4.78 is 33.5. The van der Waals surface area contributed by atoms with Crippen molar-refractivity contribution < 1.29 is 22.4 Å². The zero-order chi connectivity index (χ0) is 18.7. The number of ether oxygens (including phenoxy) is 1. The Kier molecular flexibility index (Phi) is 4.92. The van der Waals surface area contributed by atoms with Crippen molar-refractivity contribution in [1.29, 1.82) is 0 Å². The number of amides is 1. The molecule has 3 aromatic rings. The van der Waals surface area contributed by atoms with Crippen LogP contribution in [0.4, 0.5) is 5.69 Å². The van der Waals surface area contributed by atoms with E-state index in [9.17, 15) is 13.2 Å². The smallest absolute Gasteiger partial charge is 0.293 e. The third-order valence-corrected chi connectivity index (χ3v) is 4.60. The molecule has 2 aromatic heterocycles. The second-order valence-electron chi connectivity index (χ2n) is 5.02. The van der Waals surface area contributed by atoms with Crippen LogP contribution in [0.1, 0.15) is 10.6 Å². The maximum absolute atomic E-state index is 12.3. The second-order valence-corrected chi connectivity index (χ2v) is 7.55. The number of anilines is 1. The molecular weight excluding hydrogens is 382 g/mol. The maximum atomic E-state index is 12.3. The fourth-order valence-electron chi connectivity index (χ4n) is 2.11. The van der Waals surface area contributed by atoms with Crippen LogP contribution in [-0.4, -0.2) is 31.4 Å². The van der Waals surface area contributed by atoms with Gasteiger partial charge < -0.3 is 14.5 Å². The fraction of sp³-hybridized carbons (Fsp3) is 0.0625. The highest BCUT2D eigenvalue weighted by molar-refractivity contribution is 8.13. The first kappa shape index (κ1) is 17.9. The van der Waals surface area contributed by atoms with Crippen LogP contribution in [0.5, 0.6) is 5.88 Å². The summed E-state index contributed by atoms with van der Waals surface area (Å²) in [6, 6.07) is 10.2. The molecule has 0 spiro atoms. The molecule has 134 valence electrons. The Bertz CT molecular complexity index is 1050. The molecule has 0 unspecified atom stereocenters. The third-order valence-electron chi connectivity index (χ3n) is 3.28. The summed E-state index contributed by atoms with van der Waals surface area (Å²) in [5.74, 6) is -0.559. The van der Waals surface area contributed by atoms with Crippen molar-refractivity contribution in [2.45, 2.75) is 4.90 Å². The van der Waals surface area contributed by atoms with Gasteiger partial charge in [-0.25, -0.2) is 18.4 Å². The summed E-state index contributed by atoms with van der Waals surface area (Å²) in [5, 5.41) is 2.47. The second kappa shape index (κ2) is 7.14. The summed E-state index contributed by atoms with van der Waals surface area (Å²) >= 11 is 0. The zero-order valence-electron chi connectivity index (χ0n) is 13.3. The predicted octanol–water partition coefficient (Wildman–Crippen LogP) is 2.93. The van der Waals surface area contributed by atoms with Crippen LogP contribution in [0.25, 0.3) is 11.5 Å². The van der Waals surface area contributed by atoms with Crippen LogP contribution in [0.2, 0.25) is 0 Å². The van der Waals surface area contributed by atoms with Crippen molar-refractivity contribution in [2.75, 3.05) is 12.4 Å². The summed E-state index contributed by atoms with van der Waals surface area (Å²) in [6.45, 7) is 0. The minimum Gasteiger partial charge on any atom is -0.480 e. The van der Waals surface area contributed by atoms with E-state index >= 15 is 0 Å². The van der Waals surface area contributed by atoms with E-state index in [0.29, 0.717) is 5.56 Å². The predicted molar refractivity (Wildman–Crippen MR) is 93.7 cm³/mol. The average molecular weight is 394 g/mol. The van der Waals surface area contributed by atoms with Gasteiger partial charge in [0.2, 0.25) is 17.5 Å². The first-order chi connectivity index (χ1) is 12.4. The van der Waals surface area contributed by atoms with Crippen molar-refractivity contribution in [3.8, 4) is 17.3 Å². The van der Waals surface area contributed by atoms with Crippen LogP contribution < -0.4 is 10.1 Å². The van der Waals surface area contributed by atoms with Crippen LogP contribution in [-0.2, 0) is 9.05 Å². The normalized spacial score (nSPS) is 11.2. The minimum atomic E-state index is -4.10. The lowest BCUT2D eigenvalue weighted by molar-refractivity contribution is 0.0997. The molecule has 2 heterocycles. The molecule has 0 saturated carbocycles. The number of nitrogens with zero attached hydrogens (tertiary/aromatic N) is 2. The Morgan fingerprint density at radius 3 is 2.58 bits per heavy atom. The fourth-order valence-corrected chi connectivity index (χ4v) is 3.06. The molecule has 0 radical (unpaired) electrons. The van der Waals surface area contributed by atoms with Gasteiger partial charge in [0, 0.05) is 16.2 Å². The monoisotopic (exact) mass is 393 g/mol. The van der Waals surface area contributed by atoms with Gasteiger partial charge in [-0.15, -0.1) is 0 Å². The van der Waals surface area contributed by atoms with Gasteiger partial charge >= 0.3 is 0 Å². The molecule has 0 fully saturated rings. The highest BCUT2D eigenvalue weighted by Crippen LogP contribution is 2.27. The Labute approximate surface area is 153 Å². The van der Waals surface area contributed by atoms with Gasteiger partial charge in [-0.2, -0.15) is 0 Å². The highest BCUT2D eigenvalue weighted by atomic mass is 35.7. The zero-order valence-corrected chi connectivity index (χ0v) is 14.9. The van der Waals surface area contributed by atoms with Crippen molar-refractivity contribution in [1.82, 2.24) is 9.97 Å². The molecule has 1 aromatic carbocycles. The number of methoxy groups -OCH3 is 1. The van der Waals surface area contributed by atoms with E-state index in [1.807, 2.05) is 18.2 Å². The number of aromatic nitrogens is 2. The average Bonchev–Trinajstić information content (AvgIpc) is 3.12. The molecule has 1 amide bonds. The number of halogens is 1. The number of nitrogens with one attached hydrogen (secondary N) is 1. The summed E-state index contributed by atoms with van der Waals surface area (Å²) in [5.41, 5.74) is 0.820. The molecule has 0 aliphatic rings. The van der Waals surface area contributed by atoms with Crippen molar-refractivity contribution in [3.63, 3.8) is 0 Å². The number of carbonyl (C=O) groups excluding carboxylic acids is 1. The first-order valence-electron chi connectivity index (χ1n) is 7.20. The summed E-state index contributed by atoms with van der Waals surface area (Å²) in [4.78, 5) is 19.8. The number of hydrogen-bond acceptors (Lipinski definition) is 7. The lowest BCUT2D eigenvalue weighted by Crippen LogP contribution is -2.12. The molecule has 0 bridgehead atoms. The minimum absolute atomic E-state index is 0.0463. The molecule has 10 heteroatoms. The van der Waals surface area contributed by atoms with Gasteiger partial charge in [0.25, 0.3) is 15.0 Å². The van der Waals surface area contributed by atoms with Gasteiger partial charge in [-0.3, -0.25) is 4.79 Å². The van der Waals surface area contributed by atoms with Crippen LogP contribution in [0.15, 0.2) is 58.1 Å². The van der Waals surface area contributed by atoms with Gasteiger partial charge in [0.05, 0.1) is 25.2 Å². The highest BCUT2D eigenvalue weighted by Gasteiger charge is 2.20. The summed E-state index contributed by atoms with van der Waals surface area (Å²) in [6.07, 6.45) is 2.50. The van der Waals surface area contributed by atoms with Crippen LogP contribution in [0, 0.1) is 0 Å². The van der Waals surface area contributed by atoms with E-state index in [-0.39, 0.29) is 28.1 Å². The SMILES string of the molecule is COc1ncc(NC(=O)c2cnc(-c3ccccc3)o2)cc1S(=O)(=O)Cl. The largest absolute Gasteiger partial charge is 0.480 e. The molecule has 0 aliphatic carbocycles. The number of oxazole rings is 1. The van der Waals surface area contributed by atoms with Crippen molar-refractivity contribution in [3.05, 3.63) is 54.6 Å². The number of hydrogen-bond donors (Lipinski definition) is 1. The number of pyridine rings is 1. The first-order valence-corrected chi connectivity index (χ1v) is 9.50. The van der Waals surface area contributed by atoms with Crippen LogP contribution in [0.3, 0.4) is 0 Å². The number of carbonyl (C=O) groups is 1. The van der Waals surface area contributed by atoms with E-state index in [2.05, 4.69) is 15.3 Å². The van der Waals surface area contributed by atoms with Crippen LogP contribution >= 0.6 is 10.7 Å². The van der Waals surface area contributed by atoms with E-state index < -0.39 is 15.0 Å². The van der Waals surface area contributed by atoms with E-state index in [1.54, 1.807) is 12.1 Å². The Hall–Kier alpha value is -2.91. The number of rotatable bonds is 5. The lowest BCUT2D eigenvalue weighted by Gasteiger charge is -2.07. The molecule has 0 atom stereocenters. The maximum Gasteiger partial charge on any atom is 0.293 e. The molecule has 3 rings (SSSR count). The van der Waals surface area contributed by atoms with Crippen molar-refractivity contribution in [2.24, 2.45) is 0 Å². The third kappa shape index (κ3) is 3.84. The molecule has 1 N–H and O–H groups in total. The van der Waals surface area contributed by atoms with Gasteiger partial charge in [-0.1, -0.05) is 18.2 Å². The Morgan fingerprint density at radius 1 is 1.19 bits per heavy atom. The van der Waals surface area contributed by atoms with Gasteiger partial charge in [0.1, 0.15) is 4.90 Å². The molecule has 0 saturated heterocycles.